The Morgan fingerprint density at radius 1 is 1.15 bits per heavy atom. The normalized spacial score (nSPS) is 10.6. The summed E-state index contributed by atoms with van der Waals surface area (Å²) in [6.07, 6.45) is 5.35. The van der Waals surface area contributed by atoms with Gasteiger partial charge < -0.3 is 14.8 Å². The van der Waals surface area contributed by atoms with Gasteiger partial charge >= 0.3 is 0 Å². The van der Waals surface area contributed by atoms with E-state index in [1.54, 1.807) is 42.0 Å². The molecule has 0 unspecified atom stereocenters. The van der Waals surface area contributed by atoms with Gasteiger partial charge in [0.1, 0.15) is 11.4 Å². The average Bonchev–Trinajstić information content (AvgIpc) is 3.30. The quantitative estimate of drug-likeness (QED) is 0.762. The lowest BCUT2D eigenvalue weighted by Crippen LogP contribution is -2.27. The van der Waals surface area contributed by atoms with Gasteiger partial charge in [0.15, 0.2) is 0 Å². The zero-order valence-corrected chi connectivity index (χ0v) is 15.0. The molecule has 0 saturated heterocycles. The molecule has 7 heteroatoms. The molecule has 2 aromatic heterocycles. The number of hydrogen-bond acceptors (Lipinski definition) is 3. The predicted octanol–water partition coefficient (Wildman–Crippen LogP) is 1.84. The Balaban J connectivity index is 1.78. The van der Waals surface area contributed by atoms with Crippen molar-refractivity contribution in [3.05, 3.63) is 71.7 Å². The third kappa shape index (κ3) is 3.37. The van der Waals surface area contributed by atoms with Gasteiger partial charge in [0.2, 0.25) is 0 Å². The van der Waals surface area contributed by atoms with E-state index in [1.165, 1.54) is 0 Å². The maximum atomic E-state index is 12.9. The molecule has 0 atom stereocenters. The summed E-state index contributed by atoms with van der Waals surface area (Å²) in [5, 5.41) is 6.82. The van der Waals surface area contributed by atoms with Gasteiger partial charge in [-0.25, -0.2) is 0 Å². The number of amides is 2. The molecule has 1 N–H and O–H groups in total. The van der Waals surface area contributed by atoms with Gasteiger partial charge in [0.05, 0.1) is 6.20 Å². The van der Waals surface area contributed by atoms with Crippen LogP contribution in [0.15, 0.2) is 55.0 Å². The minimum Gasteiger partial charge on any atom is -0.355 e. The van der Waals surface area contributed by atoms with Crippen LogP contribution in [-0.2, 0) is 13.6 Å². The van der Waals surface area contributed by atoms with Crippen molar-refractivity contribution < 1.29 is 9.59 Å². The molecule has 2 amide bonds. The fourth-order valence-corrected chi connectivity index (χ4v) is 2.82. The first-order valence-corrected chi connectivity index (χ1v) is 8.23. The van der Waals surface area contributed by atoms with E-state index < -0.39 is 0 Å². The summed E-state index contributed by atoms with van der Waals surface area (Å²) in [5.41, 5.74) is 2.07. The lowest BCUT2D eigenvalue weighted by molar-refractivity contribution is 0.0784. The van der Waals surface area contributed by atoms with Gasteiger partial charge in [-0.2, -0.15) is 5.10 Å². The van der Waals surface area contributed by atoms with Crippen LogP contribution in [0.3, 0.4) is 0 Å². The van der Waals surface area contributed by atoms with E-state index in [4.69, 9.17) is 0 Å². The van der Waals surface area contributed by atoms with E-state index in [0.717, 1.165) is 11.4 Å². The number of aryl methyl sites for hydroxylation is 1. The van der Waals surface area contributed by atoms with Gasteiger partial charge in [0, 0.05) is 45.6 Å². The Morgan fingerprint density at radius 3 is 2.42 bits per heavy atom. The van der Waals surface area contributed by atoms with E-state index in [0.29, 0.717) is 17.7 Å². The molecule has 3 rings (SSSR count). The largest absolute Gasteiger partial charge is 0.355 e. The lowest BCUT2D eigenvalue weighted by Gasteiger charge is -2.18. The first kappa shape index (κ1) is 17.5. The molecule has 0 aliphatic heterocycles. The smallest absolute Gasteiger partial charge is 0.259 e. The number of nitrogens with zero attached hydrogens (tertiary/aromatic N) is 4. The zero-order chi connectivity index (χ0) is 18.7. The van der Waals surface area contributed by atoms with Gasteiger partial charge in [0.25, 0.3) is 11.8 Å². The summed E-state index contributed by atoms with van der Waals surface area (Å²) >= 11 is 0. The highest BCUT2D eigenvalue weighted by Gasteiger charge is 2.20. The van der Waals surface area contributed by atoms with Crippen LogP contribution in [0.2, 0.25) is 0 Å². The number of rotatable bonds is 5. The summed E-state index contributed by atoms with van der Waals surface area (Å²) in [7, 11) is 5.16. The molecular weight excluding hydrogens is 330 g/mol. The highest BCUT2D eigenvalue weighted by Crippen LogP contribution is 2.17. The van der Waals surface area contributed by atoms with Gasteiger partial charge in [-0.05, 0) is 29.8 Å². The van der Waals surface area contributed by atoms with Crippen molar-refractivity contribution in [2.24, 2.45) is 7.05 Å². The van der Waals surface area contributed by atoms with Crippen LogP contribution in [0, 0.1) is 0 Å². The lowest BCUT2D eigenvalue weighted by atomic mass is 10.1. The van der Waals surface area contributed by atoms with E-state index in [9.17, 15) is 9.59 Å². The molecular formula is C19H21N5O2. The van der Waals surface area contributed by atoms with Crippen LogP contribution < -0.4 is 5.32 Å². The number of benzene rings is 1. The van der Waals surface area contributed by atoms with Crippen molar-refractivity contribution in [3.63, 3.8) is 0 Å². The van der Waals surface area contributed by atoms with Gasteiger partial charge in [-0.15, -0.1) is 0 Å². The number of aromatic nitrogens is 3. The van der Waals surface area contributed by atoms with Crippen molar-refractivity contribution in [3.8, 4) is 5.82 Å². The third-order valence-electron chi connectivity index (χ3n) is 4.20. The Hall–Kier alpha value is -3.35. The Kier molecular flexibility index (Phi) is 4.88. The Bertz CT molecular complexity index is 910. The number of carbonyl (C=O) groups is 2. The van der Waals surface area contributed by atoms with E-state index in [-0.39, 0.29) is 11.8 Å². The van der Waals surface area contributed by atoms with Crippen molar-refractivity contribution in [1.82, 2.24) is 24.6 Å². The second-order valence-electron chi connectivity index (χ2n) is 6.03. The second-order valence-corrected chi connectivity index (χ2v) is 6.03. The highest BCUT2D eigenvalue weighted by atomic mass is 16.2. The van der Waals surface area contributed by atoms with Crippen LogP contribution in [-0.4, -0.2) is 45.2 Å². The molecule has 1 aromatic carbocycles. The summed E-state index contributed by atoms with van der Waals surface area (Å²) < 4.78 is 3.55. The van der Waals surface area contributed by atoms with Crippen LogP contribution in [0.4, 0.5) is 0 Å². The number of hydrogen-bond donors (Lipinski definition) is 1. The van der Waals surface area contributed by atoms with Crippen LogP contribution in [0.25, 0.3) is 5.82 Å². The number of nitrogens with one attached hydrogen (secondary N) is 1. The Labute approximate surface area is 151 Å². The first-order valence-electron chi connectivity index (χ1n) is 8.23. The third-order valence-corrected chi connectivity index (χ3v) is 4.20. The van der Waals surface area contributed by atoms with Crippen LogP contribution >= 0.6 is 0 Å². The molecule has 0 aliphatic rings. The molecule has 7 nitrogen and oxygen atoms in total. The predicted molar refractivity (Wildman–Crippen MR) is 98.2 cm³/mol. The summed E-state index contributed by atoms with van der Waals surface area (Å²) in [4.78, 5) is 26.1. The highest BCUT2D eigenvalue weighted by molar-refractivity contribution is 5.97. The van der Waals surface area contributed by atoms with Crippen molar-refractivity contribution in [2.45, 2.75) is 6.54 Å². The molecule has 0 spiro atoms. The molecule has 0 bridgehead atoms. The van der Waals surface area contributed by atoms with E-state index in [1.807, 2.05) is 48.3 Å². The average molecular weight is 351 g/mol. The molecule has 0 fully saturated rings. The van der Waals surface area contributed by atoms with E-state index in [2.05, 4.69) is 10.4 Å². The molecule has 2 heterocycles. The molecule has 0 aliphatic carbocycles. The SMILES string of the molecule is CNC(=O)c1ccc(CN(C)C(=O)c2cnn(C)c2-n2cccc2)cc1. The minimum absolute atomic E-state index is 0.114. The summed E-state index contributed by atoms with van der Waals surface area (Å²) in [6.45, 7) is 0.437. The second kappa shape index (κ2) is 7.26. The Morgan fingerprint density at radius 2 is 1.81 bits per heavy atom. The van der Waals surface area contributed by atoms with Crippen molar-refractivity contribution in [1.29, 1.82) is 0 Å². The maximum Gasteiger partial charge on any atom is 0.259 e. The molecule has 26 heavy (non-hydrogen) atoms. The van der Waals surface area contributed by atoms with E-state index >= 15 is 0 Å². The van der Waals surface area contributed by atoms with Crippen molar-refractivity contribution in [2.75, 3.05) is 14.1 Å². The number of carbonyl (C=O) groups excluding carboxylic acids is 2. The first-order chi connectivity index (χ1) is 12.5. The monoisotopic (exact) mass is 351 g/mol. The van der Waals surface area contributed by atoms with Crippen molar-refractivity contribution >= 4 is 11.8 Å². The fourth-order valence-electron chi connectivity index (χ4n) is 2.82. The minimum atomic E-state index is -0.132. The summed E-state index contributed by atoms with van der Waals surface area (Å²) in [5.74, 6) is 0.478. The molecule has 0 radical (unpaired) electrons. The molecule has 3 aromatic rings. The maximum absolute atomic E-state index is 12.9. The zero-order valence-electron chi connectivity index (χ0n) is 15.0. The molecule has 0 saturated carbocycles. The van der Waals surface area contributed by atoms with Gasteiger partial charge in [-0.3, -0.25) is 14.3 Å². The fraction of sp³-hybridized carbons (Fsp3) is 0.211. The standard InChI is InChI=1S/C19H21N5O2/c1-20-17(25)15-8-6-14(7-9-15)13-22(2)19(26)16-12-21-23(3)18(16)24-10-4-5-11-24/h4-12H,13H2,1-3H3,(H,20,25). The topological polar surface area (TPSA) is 72.2 Å². The summed E-state index contributed by atoms with van der Waals surface area (Å²) in [6, 6.07) is 11.0. The van der Waals surface area contributed by atoms with Gasteiger partial charge in [-0.1, -0.05) is 12.1 Å². The molecule has 134 valence electrons. The van der Waals surface area contributed by atoms with Crippen LogP contribution in [0.1, 0.15) is 26.3 Å². The van der Waals surface area contributed by atoms with Crippen LogP contribution in [0.5, 0.6) is 0 Å².